The third-order valence-electron chi connectivity index (χ3n) is 3.22. The predicted octanol–water partition coefficient (Wildman–Crippen LogP) is 0.952. The third-order valence-corrected chi connectivity index (χ3v) is 4.63. The molecule has 0 radical (unpaired) electrons. The van der Waals surface area contributed by atoms with Gasteiger partial charge in [-0.15, -0.1) is 0 Å². The van der Waals surface area contributed by atoms with E-state index in [9.17, 15) is 8.42 Å². The molecule has 1 aliphatic rings. The molecule has 0 amide bonds. The molecule has 5 nitrogen and oxygen atoms in total. The number of hydrogen-bond donors (Lipinski definition) is 2. The standard InChI is InChI=1S/C13H21N3O2S/c1-11-9-14-7-5-12(11)10-16-19(17,18)8-2-6-15-13-3-4-13/h5,7,9,13,15-16H,2-4,6,8,10H2,1H3. The predicted molar refractivity (Wildman–Crippen MR) is 75.2 cm³/mol. The van der Waals surface area contributed by atoms with Gasteiger partial charge in [0.05, 0.1) is 5.75 Å². The van der Waals surface area contributed by atoms with Gasteiger partial charge < -0.3 is 5.32 Å². The van der Waals surface area contributed by atoms with Crippen molar-refractivity contribution in [1.82, 2.24) is 15.0 Å². The Morgan fingerprint density at radius 1 is 1.42 bits per heavy atom. The Hall–Kier alpha value is -0.980. The Morgan fingerprint density at radius 3 is 2.89 bits per heavy atom. The molecular weight excluding hydrogens is 262 g/mol. The van der Waals surface area contributed by atoms with Crippen LogP contribution in [0.2, 0.25) is 0 Å². The van der Waals surface area contributed by atoms with E-state index in [1.54, 1.807) is 12.4 Å². The van der Waals surface area contributed by atoms with Gasteiger partial charge in [0.15, 0.2) is 0 Å². The maximum atomic E-state index is 11.8. The van der Waals surface area contributed by atoms with Crippen LogP contribution in [0.25, 0.3) is 0 Å². The molecule has 0 unspecified atom stereocenters. The lowest BCUT2D eigenvalue weighted by molar-refractivity contribution is 0.574. The highest BCUT2D eigenvalue weighted by molar-refractivity contribution is 7.89. The number of nitrogens with zero attached hydrogens (tertiary/aromatic N) is 1. The summed E-state index contributed by atoms with van der Waals surface area (Å²) in [6.45, 7) is 3.04. The van der Waals surface area contributed by atoms with E-state index in [1.165, 1.54) is 12.8 Å². The van der Waals surface area contributed by atoms with Crippen molar-refractivity contribution >= 4 is 10.0 Å². The molecule has 1 fully saturated rings. The second kappa shape index (κ2) is 6.45. The van der Waals surface area contributed by atoms with Crippen LogP contribution in [-0.4, -0.2) is 31.7 Å². The summed E-state index contributed by atoms with van der Waals surface area (Å²) in [6, 6.07) is 2.47. The lowest BCUT2D eigenvalue weighted by Gasteiger charge is -2.08. The number of aromatic nitrogens is 1. The zero-order valence-electron chi connectivity index (χ0n) is 11.2. The molecule has 2 N–H and O–H groups in total. The first-order valence-electron chi connectivity index (χ1n) is 6.67. The van der Waals surface area contributed by atoms with Gasteiger partial charge in [-0.25, -0.2) is 13.1 Å². The molecule has 0 atom stereocenters. The fourth-order valence-electron chi connectivity index (χ4n) is 1.82. The summed E-state index contributed by atoms with van der Waals surface area (Å²) in [6.07, 6.45) is 6.53. The van der Waals surface area contributed by atoms with E-state index in [2.05, 4.69) is 15.0 Å². The quantitative estimate of drug-likeness (QED) is 0.697. The zero-order valence-corrected chi connectivity index (χ0v) is 12.0. The van der Waals surface area contributed by atoms with E-state index >= 15 is 0 Å². The smallest absolute Gasteiger partial charge is 0.211 e. The Kier molecular flexibility index (Phi) is 4.90. The topological polar surface area (TPSA) is 71.1 Å². The van der Waals surface area contributed by atoms with E-state index in [1.807, 2.05) is 13.0 Å². The zero-order chi connectivity index (χ0) is 13.7. The minimum Gasteiger partial charge on any atom is -0.314 e. The number of sulfonamides is 1. The minimum absolute atomic E-state index is 0.177. The van der Waals surface area contributed by atoms with Gasteiger partial charge in [0.2, 0.25) is 10.0 Å². The summed E-state index contributed by atoms with van der Waals surface area (Å²) in [5, 5.41) is 3.31. The van der Waals surface area contributed by atoms with Crippen LogP contribution < -0.4 is 10.0 Å². The Labute approximate surface area is 114 Å². The van der Waals surface area contributed by atoms with Crippen molar-refractivity contribution < 1.29 is 8.42 Å². The molecule has 1 aromatic rings. The monoisotopic (exact) mass is 283 g/mol. The second-order valence-corrected chi connectivity index (χ2v) is 6.95. The molecule has 0 aromatic carbocycles. The summed E-state index contributed by atoms with van der Waals surface area (Å²) in [7, 11) is -3.18. The van der Waals surface area contributed by atoms with Crippen molar-refractivity contribution in [1.29, 1.82) is 0 Å². The van der Waals surface area contributed by atoms with Gasteiger partial charge in [-0.05, 0) is 49.9 Å². The van der Waals surface area contributed by atoms with Crippen molar-refractivity contribution in [2.45, 2.75) is 38.8 Å². The highest BCUT2D eigenvalue weighted by Crippen LogP contribution is 2.18. The maximum absolute atomic E-state index is 11.8. The number of pyridine rings is 1. The van der Waals surface area contributed by atoms with E-state index in [0.29, 0.717) is 19.0 Å². The molecule has 1 aromatic heterocycles. The minimum atomic E-state index is -3.18. The average Bonchev–Trinajstić information content (AvgIpc) is 3.18. The van der Waals surface area contributed by atoms with Gasteiger partial charge in [-0.1, -0.05) is 0 Å². The van der Waals surface area contributed by atoms with Crippen molar-refractivity contribution in [3.8, 4) is 0 Å². The van der Waals surface area contributed by atoms with Crippen LogP contribution in [0.3, 0.4) is 0 Å². The van der Waals surface area contributed by atoms with Crippen molar-refractivity contribution in [3.63, 3.8) is 0 Å². The van der Waals surface area contributed by atoms with Crippen LogP contribution in [0.5, 0.6) is 0 Å². The molecule has 0 saturated heterocycles. The fourth-order valence-corrected chi connectivity index (χ4v) is 2.86. The van der Waals surface area contributed by atoms with Gasteiger partial charge in [-0.2, -0.15) is 0 Å². The first-order chi connectivity index (χ1) is 9.07. The largest absolute Gasteiger partial charge is 0.314 e. The Bertz CT molecular complexity index is 512. The number of aryl methyl sites for hydroxylation is 1. The van der Waals surface area contributed by atoms with Gasteiger partial charge in [0.25, 0.3) is 0 Å². The fraction of sp³-hybridized carbons (Fsp3) is 0.615. The van der Waals surface area contributed by atoms with Crippen LogP contribution in [0.1, 0.15) is 30.4 Å². The van der Waals surface area contributed by atoms with Crippen LogP contribution in [0.15, 0.2) is 18.5 Å². The first-order valence-corrected chi connectivity index (χ1v) is 8.32. The molecule has 19 heavy (non-hydrogen) atoms. The van der Waals surface area contributed by atoms with E-state index in [0.717, 1.165) is 17.7 Å². The van der Waals surface area contributed by atoms with Gasteiger partial charge in [-0.3, -0.25) is 4.98 Å². The molecule has 6 heteroatoms. The van der Waals surface area contributed by atoms with Crippen LogP contribution in [-0.2, 0) is 16.6 Å². The molecule has 0 aliphatic heterocycles. The van der Waals surface area contributed by atoms with Crippen molar-refractivity contribution in [2.24, 2.45) is 0 Å². The maximum Gasteiger partial charge on any atom is 0.211 e. The van der Waals surface area contributed by atoms with Crippen LogP contribution >= 0.6 is 0 Å². The summed E-state index contributed by atoms with van der Waals surface area (Å²) in [5.74, 6) is 0.177. The lowest BCUT2D eigenvalue weighted by atomic mass is 10.2. The SMILES string of the molecule is Cc1cnccc1CNS(=O)(=O)CCCNC1CC1. The highest BCUT2D eigenvalue weighted by atomic mass is 32.2. The highest BCUT2D eigenvalue weighted by Gasteiger charge is 2.20. The summed E-state index contributed by atoms with van der Waals surface area (Å²) in [4.78, 5) is 3.99. The van der Waals surface area contributed by atoms with Crippen molar-refractivity contribution in [2.75, 3.05) is 12.3 Å². The normalized spacial score (nSPS) is 15.6. The summed E-state index contributed by atoms with van der Waals surface area (Å²) in [5.41, 5.74) is 1.97. The van der Waals surface area contributed by atoms with Crippen LogP contribution in [0.4, 0.5) is 0 Å². The molecule has 0 bridgehead atoms. The third kappa shape index (κ3) is 5.26. The molecular formula is C13H21N3O2S. The first kappa shape index (κ1) is 14.4. The van der Waals surface area contributed by atoms with E-state index in [-0.39, 0.29) is 5.75 Å². The number of hydrogen-bond acceptors (Lipinski definition) is 4. The Morgan fingerprint density at radius 2 is 2.21 bits per heavy atom. The lowest BCUT2D eigenvalue weighted by Crippen LogP contribution is -2.28. The van der Waals surface area contributed by atoms with Crippen molar-refractivity contribution in [3.05, 3.63) is 29.6 Å². The van der Waals surface area contributed by atoms with Gasteiger partial charge >= 0.3 is 0 Å². The number of nitrogens with one attached hydrogen (secondary N) is 2. The van der Waals surface area contributed by atoms with E-state index in [4.69, 9.17) is 0 Å². The summed E-state index contributed by atoms with van der Waals surface area (Å²) >= 11 is 0. The van der Waals surface area contributed by atoms with Gasteiger partial charge in [0.1, 0.15) is 0 Å². The molecule has 2 rings (SSSR count). The number of rotatable bonds is 8. The van der Waals surface area contributed by atoms with E-state index < -0.39 is 10.0 Å². The molecule has 1 saturated carbocycles. The molecule has 106 valence electrons. The Balaban J connectivity index is 1.72. The molecule has 1 aliphatic carbocycles. The second-order valence-electron chi connectivity index (χ2n) is 5.02. The summed E-state index contributed by atoms with van der Waals surface area (Å²) < 4.78 is 26.3. The molecule has 0 spiro atoms. The van der Waals surface area contributed by atoms with Crippen LogP contribution in [0, 0.1) is 6.92 Å². The average molecular weight is 283 g/mol. The van der Waals surface area contributed by atoms with Gasteiger partial charge in [0, 0.05) is 25.0 Å². The molecule has 1 heterocycles.